The SMILES string of the molecule is CCNc1nc(Cc2csc(C)n2)nc(CC)c1I. The van der Waals surface area contributed by atoms with Gasteiger partial charge in [-0.25, -0.2) is 15.0 Å². The van der Waals surface area contributed by atoms with E-state index in [1.807, 2.05) is 6.92 Å². The number of aromatic nitrogens is 3. The molecule has 0 spiro atoms. The summed E-state index contributed by atoms with van der Waals surface area (Å²) in [5, 5.41) is 6.47. The Morgan fingerprint density at radius 3 is 2.63 bits per heavy atom. The highest BCUT2D eigenvalue weighted by Gasteiger charge is 2.11. The highest BCUT2D eigenvalue weighted by molar-refractivity contribution is 14.1. The van der Waals surface area contributed by atoms with Gasteiger partial charge in [-0.15, -0.1) is 11.3 Å². The van der Waals surface area contributed by atoms with E-state index in [9.17, 15) is 0 Å². The van der Waals surface area contributed by atoms with Crippen molar-refractivity contribution in [1.29, 1.82) is 0 Å². The summed E-state index contributed by atoms with van der Waals surface area (Å²) >= 11 is 3.98. The molecular weight excluding hydrogens is 371 g/mol. The van der Waals surface area contributed by atoms with E-state index in [1.54, 1.807) is 11.3 Å². The number of hydrogen-bond acceptors (Lipinski definition) is 5. The molecular formula is C13H17IN4S. The number of nitrogens with one attached hydrogen (secondary N) is 1. The lowest BCUT2D eigenvalue weighted by Gasteiger charge is -2.10. The second kappa shape index (κ2) is 6.60. The van der Waals surface area contributed by atoms with Gasteiger partial charge in [0, 0.05) is 11.9 Å². The van der Waals surface area contributed by atoms with Gasteiger partial charge in [0.05, 0.1) is 26.4 Å². The summed E-state index contributed by atoms with van der Waals surface area (Å²) in [7, 11) is 0. The summed E-state index contributed by atoms with van der Waals surface area (Å²) in [4.78, 5) is 13.7. The zero-order chi connectivity index (χ0) is 13.8. The Bertz CT molecular complexity index is 568. The van der Waals surface area contributed by atoms with Crippen LogP contribution in [-0.4, -0.2) is 21.5 Å². The van der Waals surface area contributed by atoms with E-state index in [1.165, 1.54) is 0 Å². The van der Waals surface area contributed by atoms with E-state index in [4.69, 9.17) is 0 Å². The Labute approximate surface area is 131 Å². The zero-order valence-corrected chi connectivity index (χ0v) is 14.3. The quantitative estimate of drug-likeness (QED) is 0.798. The van der Waals surface area contributed by atoms with Crippen molar-refractivity contribution < 1.29 is 0 Å². The van der Waals surface area contributed by atoms with Crippen LogP contribution in [0.2, 0.25) is 0 Å². The monoisotopic (exact) mass is 388 g/mol. The molecule has 0 bridgehead atoms. The minimum atomic E-state index is 0.701. The number of hydrogen-bond donors (Lipinski definition) is 1. The van der Waals surface area contributed by atoms with Crippen molar-refractivity contribution in [2.24, 2.45) is 0 Å². The molecule has 0 aromatic carbocycles. The van der Waals surface area contributed by atoms with Crippen LogP contribution in [0, 0.1) is 10.5 Å². The van der Waals surface area contributed by atoms with Gasteiger partial charge in [-0.2, -0.15) is 0 Å². The third-order valence-corrected chi connectivity index (χ3v) is 4.61. The highest BCUT2D eigenvalue weighted by atomic mass is 127. The maximum Gasteiger partial charge on any atom is 0.143 e. The molecule has 0 aliphatic heterocycles. The number of rotatable bonds is 5. The third kappa shape index (κ3) is 3.62. The summed E-state index contributed by atoms with van der Waals surface area (Å²) in [6.45, 7) is 7.08. The Balaban J connectivity index is 2.31. The normalized spacial score (nSPS) is 10.7. The Hall–Kier alpha value is -0.760. The van der Waals surface area contributed by atoms with E-state index in [0.717, 1.165) is 44.6 Å². The molecule has 4 nitrogen and oxygen atoms in total. The predicted octanol–water partition coefficient (Wildman–Crippen LogP) is 3.43. The first-order valence-corrected chi connectivity index (χ1v) is 8.30. The first-order chi connectivity index (χ1) is 9.13. The van der Waals surface area contributed by atoms with E-state index >= 15 is 0 Å². The van der Waals surface area contributed by atoms with Crippen molar-refractivity contribution in [3.05, 3.63) is 31.2 Å². The van der Waals surface area contributed by atoms with Crippen LogP contribution in [0.15, 0.2) is 5.38 Å². The summed E-state index contributed by atoms with van der Waals surface area (Å²) in [6, 6.07) is 0. The molecule has 0 saturated carbocycles. The first kappa shape index (κ1) is 14.6. The number of anilines is 1. The van der Waals surface area contributed by atoms with Gasteiger partial charge in [0.25, 0.3) is 0 Å². The Morgan fingerprint density at radius 1 is 1.26 bits per heavy atom. The van der Waals surface area contributed by atoms with Gasteiger partial charge < -0.3 is 5.32 Å². The molecule has 19 heavy (non-hydrogen) atoms. The second-order valence-corrected chi connectivity index (χ2v) is 6.31. The van der Waals surface area contributed by atoms with Crippen LogP contribution in [0.5, 0.6) is 0 Å². The van der Waals surface area contributed by atoms with Gasteiger partial charge in [-0.05, 0) is 42.9 Å². The lowest BCUT2D eigenvalue weighted by atomic mass is 10.2. The minimum Gasteiger partial charge on any atom is -0.369 e. The van der Waals surface area contributed by atoms with Crippen LogP contribution in [0.3, 0.4) is 0 Å². The van der Waals surface area contributed by atoms with Crippen LogP contribution in [0.4, 0.5) is 5.82 Å². The lowest BCUT2D eigenvalue weighted by Crippen LogP contribution is -2.10. The van der Waals surface area contributed by atoms with Gasteiger partial charge in [0.2, 0.25) is 0 Å². The summed E-state index contributed by atoms with van der Waals surface area (Å²) in [5.41, 5.74) is 2.15. The Morgan fingerprint density at radius 2 is 2.05 bits per heavy atom. The molecule has 2 heterocycles. The fourth-order valence-corrected chi connectivity index (χ4v) is 3.22. The topological polar surface area (TPSA) is 50.7 Å². The zero-order valence-electron chi connectivity index (χ0n) is 11.3. The van der Waals surface area contributed by atoms with Gasteiger partial charge in [0.15, 0.2) is 0 Å². The largest absolute Gasteiger partial charge is 0.369 e. The average molecular weight is 388 g/mol. The van der Waals surface area contributed by atoms with Crippen LogP contribution in [0.25, 0.3) is 0 Å². The fraction of sp³-hybridized carbons (Fsp3) is 0.462. The van der Waals surface area contributed by atoms with Gasteiger partial charge in [0.1, 0.15) is 11.6 Å². The van der Waals surface area contributed by atoms with Crippen molar-refractivity contribution in [3.8, 4) is 0 Å². The minimum absolute atomic E-state index is 0.701. The van der Waals surface area contributed by atoms with Crippen molar-refractivity contribution in [1.82, 2.24) is 15.0 Å². The molecule has 0 amide bonds. The molecule has 0 radical (unpaired) electrons. The van der Waals surface area contributed by atoms with Crippen LogP contribution >= 0.6 is 33.9 Å². The van der Waals surface area contributed by atoms with Gasteiger partial charge in [-0.1, -0.05) is 6.92 Å². The second-order valence-electron chi connectivity index (χ2n) is 4.17. The molecule has 0 aliphatic rings. The summed E-state index contributed by atoms with van der Waals surface area (Å²) in [5.74, 6) is 1.79. The number of nitrogens with zero attached hydrogens (tertiary/aromatic N) is 3. The standard InChI is InChI=1S/C13H17IN4S/c1-4-10-12(14)13(15-5-2)18-11(17-10)6-9-7-19-8(3)16-9/h7H,4-6H2,1-3H3,(H,15,17,18). The lowest BCUT2D eigenvalue weighted by molar-refractivity contribution is 0.881. The molecule has 0 saturated heterocycles. The molecule has 2 rings (SSSR count). The Kier molecular flexibility index (Phi) is 5.09. The van der Waals surface area contributed by atoms with E-state index in [2.05, 4.69) is 62.1 Å². The van der Waals surface area contributed by atoms with Gasteiger partial charge >= 0.3 is 0 Å². The van der Waals surface area contributed by atoms with Crippen LogP contribution < -0.4 is 5.32 Å². The molecule has 0 aliphatic carbocycles. The third-order valence-electron chi connectivity index (χ3n) is 2.65. The average Bonchev–Trinajstić information content (AvgIpc) is 2.79. The maximum absolute atomic E-state index is 4.64. The van der Waals surface area contributed by atoms with E-state index < -0.39 is 0 Å². The smallest absolute Gasteiger partial charge is 0.143 e. The number of halogens is 1. The van der Waals surface area contributed by atoms with Crippen LogP contribution in [-0.2, 0) is 12.8 Å². The summed E-state index contributed by atoms with van der Waals surface area (Å²) in [6.07, 6.45) is 1.62. The van der Waals surface area contributed by atoms with Crippen molar-refractivity contribution >= 4 is 39.7 Å². The molecule has 102 valence electrons. The molecule has 1 N–H and O–H groups in total. The van der Waals surface area contributed by atoms with Crippen molar-refractivity contribution in [2.45, 2.75) is 33.6 Å². The molecule has 2 aromatic rings. The van der Waals surface area contributed by atoms with Crippen LogP contribution in [0.1, 0.15) is 36.1 Å². The fourth-order valence-electron chi connectivity index (χ4n) is 1.79. The van der Waals surface area contributed by atoms with Gasteiger partial charge in [-0.3, -0.25) is 0 Å². The van der Waals surface area contributed by atoms with E-state index in [-0.39, 0.29) is 0 Å². The predicted molar refractivity (Wildman–Crippen MR) is 87.9 cm³/mol. The van der Waals surface area contributed by atoms with Crippen molar-refractivity contribution in [3.63, 3.8) is 0 Å². The summed E-state index contributed by atoms with van der Waals surface area (Å²) < 4.78 is 1.13. The van der Waals surface area contributed by atoms with Crippen molar-refractivity contribution in [2.75, 3.05) is 11.9 Å². The molecule has 0 atom stereocenters. The highest BCUT2D eigenvalue weighted by Crippen LogP contribution is 2.21. The maximum atomic E-state index is 4.64. The molecule has 0 unspecified atom stereocenters. The molecule has 6 heteroatoms. The van der Waals surface area contributed by atoms with E-state index in [0.29, 0.717) is 6.42 Å². The number of aryl methyl sites for hydroxylation is 2. The number of thiazole rings is 1. The first-order valence-electron chi connectivity index (χ1n) is 6.34. The molecule has 2 aromatic heterocycles. The molecule has 0 fully saturated rings.